The van der Waals surface area contributed by atoms with Gasteiger partial charge in [-0.1, -0.05) is 12.1 Å². The molecule has 0 aliphatic carbocycles. The highest BCUT2D eigenvalue weighted by Crippen LogP contribution is 2.37. The molecule has 3 aromatic carbocycles. The second kappa shape index (κ2) is 15.2. The van der Waals surface area contributed by atoms with Gasteiger partial charge in [-0.2, -0.15) is 0 Å². The summed E-state index contributed by atoms with van der Waals surface area (Å²) in [5, 5.41) is 2.74. The quantitative estimate of drug-likeness (QED) is 0.268. The molecule has 12 nitrogen and oxygen atoms in total. The monoisotopic (exact) mass is 629 g/mol. The van der Waals surface area contributed by atoms with Gasteiger partial charge in [-0.05, 0) is 55.8 Å². The molecule has 13 heteroatoms. The molecule has 1 N–H and O–H groups in total. The maximum absolute atomic E-state index is 14.3. The summed E-state index contributed by atoms with van der Waals surface area (Å²) in [4.78, 5) is 28.3. The summed E-state index contributed by atoms with van der Waals surface area (Å²) in [6, 6.07) is 14.8. The van der Waals surface area contributed by atoms with Crippen LogP contribution in [-0.2, 0) is 26.2 Å². The molecular formula is C31H39N3O9S. The molecule has 238 valence electrons. The first kappa shape index (κ1) is 33.8. The second-order valence-electron chi connectivity index (χ2n) is 9.51. The number of benzene rings is 3. The van der Waals surface area contributed by atoms with E-state index in [1.165, 1.54) is 57.6 Å². The van der Waals surface area contributed by atoms with Crippen LogP contribution < -0.4 is 33.3 Å². The van der Waals surface area contributed by atoms with E-state index in [9.17, 15) is 18.0 Å². The van der Waals surface area contributed by atoms with Crippen LogP contribution in [-0.4, -0.2) is 79.8 Å². The van der Waals surface area contributed by atoms with Crippen LogP contribution in [0.25, 0.3) is 0 Å². The second-order valence-corrected chi connectivity index (χ2v) is 11.4. The number of nitrogens with one attached hydrogen (secondary N) is 1. The molecule has 0 saturated heterocycles. The van der Waals surface area contributed by atoms with Crippen molar-refractivity contribution >= 4 is 27.5 Å². The van der Waals surface area contributed by atoms with Crippen LogP contribution in [0.15, 0.2) is 65.6 Å². The fraction of sp³-hybridized carbons (Fsp3) is 0.355. The Kier molecular flexibility index (Phi) is 11.7. The van der Waals surface area contributed by atoms with E-state index in [0.29, 0.717) is 29.4 Å². The predicted molar refractivity (Wildman–Crippen MR) is 165 cm³/mol. The molecular weight excluding hydrogens is 590 g/mol. The number of methoxy groups -OCH3 is 5. The normalized spacial score (nSPS) is 11.6. The molecule has 0 aliphatic rings. The molecule has 0 heterocycles. The summed E-state index contributed by atoms with van der Waals surface area (Å²) in [5.74, 6) is 0.641. The molecule has 1 unspecified atom stereocenters. The highest BCUT2D eigenvalue weighted by atomic mass is 32.2. The fourth-order valence-corrected chi connectivity index (χ4v) is 5.87. The molecule has 0 radical (unpaired) electrons. The van der Waals surface area contributed by atoms with Gasteiger partial charge in [0.25, 0.3) is 10.0 Å². The first-order chi connectivity index (χ1) is 21.0. The van der Waals surface area contributed by atoms with Gasteiger partial charge in [0.05, 0.1) is 46.1 Å². The number of amides is 2. The Morgan fingerprint density at radius 2 is 1.36 bits per heavy atom. The molecule has 0 saturated carbocycles. The van der Waals surface area contributed by atoms with Crippen molar-refractivity contribution in [1.82, 2.24) is 10.2 Å². The molecule has 3 rings (SSSR count). The minimum absolute atomic E-state index is 0.0284. The van der Waals surface area contributed by atoms with Crippen molar-refractivity contribution in [3.63, 3.8) is 0 Å². The minimum atomic E-state index is -4.44. The van der Waals surface area contributed by atoms with Crippen LogP contribution in [0.5, 0.6) is 28.7 Å². The van der Waals surface area contributed by atoms with E-state index in [4.69, 9.17) is 23.7 Å². The Balaban J connectivity index is 2.16. The van der Waals surface area contributed by atoms with Gasteiger partial charge >= 0.3 is 0 Å². The molecule has 44 heavy (non-hydrogen) atoms. The number of hydrogen-bond donors (Lipinski definition) is 1. The fourth-order valence-electron chi connectivity index (χ4n) is 4.44. The Hall–Kier alpha value is -4.65. The van der Waals surface area contributed by atoms with E-state index in [-0.39, 0.29) is 34.5 Å². The van der Waals surface area contributed by atoms with Gasteiger partial charge in [0, 0.05) is 25.2 Å². The predicted octanol–water partition coefficient (Wildman–Crippen LogP) is 3.48. The third-order valence-electron chi connectivity index (χ3n) is 6.91. The van der Waals surface area contributed by atoms with E-state index in [1.807, 2.05) is 0 Å². The first-order valence-electron chi connectivity index (χ1n) is 13.7. The van der Waals surface area contributed by atoms with Crippen LogP contribution in [0.1, 0.15) is 19.4 Å². The molecule has 0 aliphatic heterocycles. The maximum Gasteiger partial charge on any atom is 0.265 e. The SMILES string of the molecule is CCNC(=O)C(C)N(Cc1ccc(OC)cc1)C(=O)CN(c1cc(OC)ccc1OC)S(=O)(=O)c1ccc(OC)c(OC)c1. The molecule has 0 bridgehead atoms. The zero-order valence-corrected chi connectivity index (χ0v) is 26.8. The van der Waals surface area contributed by atoms with Crippen molar-refractivity contribution in [2.45, 2.75) is 31.3 Å². The highest BCUT2D eigenvalue weighted by Gasteiger charge is 2.34. The zero-order valence-electron chi connectivity index (χ0n) is 25.9. The summed E-state index contributed by atoms with van der Waals surface area (Å²) in [5.41, 5.74) is 0.772. The van der Waals surface area contributed by atoms with Gasteiger partial charge in [-0.15, -0.1) is 0 Å². The minimum Gasteiger partial charge on any atom is -0.497 e. The number of likely N-dealkylation sites (N-methyl/N-ethyl adjacent to an activating group) is 1. The standard InChI is InChI=1S/C31H39N3O9S/c1-8-32-31(36)21(2)33(19-22-9-11-23(39-3)12-10-22)30(35)20-34(26-17-24(40-4)13-15-27(26)41-5)44(37,38)25-14-16-28(42-6)29(18-25)43-7/h9-18,21H,8,19-20H2,1-7H3,(H,32,36). The first-order valence-corrected chi connectivity index (χ1v) is 15.1. The van der Waals surface area contributed by atoms with Crippen molar-refractivity contribution in [2.75, 3.05) is 52.9 Å². The number of sulfonamides is 1. The number of carbonyl (C=O) groups is 2. The van der Waals surface area contributed by atoms with Gasteiger partial charge in [0.15, 0.2) is 11.5 Å². The van der Waals surface area contributed by atoms with Crippen molar-refractivity contribution in [3.05, 3.63) is 66.2 Å². The Bertz CT molecular complexity index is 1550. The smallest absolute Gasteiger partial charge is 0.265 e. The molecule has 0 spiro atoms. The molecule has 0 fully saturated rings. The van der Waals surface area contributed by atoms with E-state index in [0.717, 1.165) is 4.31 Å². The number of hydrogen-bond acceptors (Lipinski definition) is 9. The average Bonchev–Trinajstić information content (AvgIpc) is 3.05. The number of nitrogens with zero attached hydrogens (tertiary/aromatic N) is 2. The van der Waals surface area contributed by atoms with E-state index < -0.39 is 28.5 Å². The lowest BCUT2D eigenvalue weighted by molar-refractivity contribution is -0.139. The van der Waals surface area contributed by atoms with Crippen LogP contribution in [0.2, 0.25) is 0 Å². The van der Waals surface area contributed by atoms with Crippen molar-refractivity contribution < 1.29 is 41.7 Å². The Morgan fingerprint density at radius 1 is 0.773 bits per heavy atom. The lowest BCUT2D eigenvalue weighted by Crippen LogP contribution is -2.51. The topological polar surface area (TPSA) is 133 Å². The summed E-state index contributed by atoms with van der Waals surface area (Å²) < 4.78 is 56.3. The largest absolute Gasteiger partial charge is 0.497 e. The van der Waals surface area contributed by atoms with E-state index in [1.54, 1.807) is 57.4 Å². The third kappa shape index (κ3) is 7.64. The van der Waals surface area contributed by atoms with Gasteiger partial charge in [-0.3, -0.25) is 13.9 Å². The van der Waals surface area contributed by atoms with Crippen LogP contribution in [0.3, 0.4) is 0 Å². The van der Waals surface area contributed by atoms with Crippen molar-refractivity contribution in [3.8, 4) is 28.7 Å². The molecule has 2 amide bonds. The zero-order chi connectivity index (χ0) is 32.4. The lowest BCUT2D eigenvalue weighted by atomic mass is 10.1. The van der Waals surface area contributed by atoms with Crippen LogP contribution in [0.4, 0.5) is 5.69 Å². The molecule has 0 aromatic heterocycles. The maximum atomic E-state index is 14.3. The third-order valence-corrected chi connectivity index (χ3v) is 8.66. The van der Waals surface area contributed by atoms with E-state index in [2.05, 4.69) is 5.32 Å². The highest BCUT2D eigenvalue weighted by molar-refractivity contribution is 7.92. The Morgan fingerprint density at radius 3 is 1.93 bits per heavy atom. The van der Waals surface area contributed by atoms with E-state index >= 15 is 0 Å². The summed E-state index contributed by atoms with van der Waals surface area (Å²) in [6.07, 6.45) is 0. The Labute approximate surface area is 258 Å². The van der Waals surface area contributed by atoms with Gasteiger partial charge in [0.2, 0.25) is 11.8 Å². The number of rotatable bonds is 15. The van der Waals surface area contributed by atoms with Crippen molar-refractivity contribution in [1.29, 1.82) is 0 Å². The molecule has 1 atom stereocenters. The van der Waals surface area contributed by atoms with Crippen molar-refractivity contribution in [2.24, 2.45) is 0 Å². The molecule has 3 aromatic rings. The summed E-state index contributed by atoms with van der Waals surface area (Å²) in [7, 11) is 2.76. The number of ether oxygens (including phenoxy) is 5. The van der Waals surface area contributed by atoms with Gasteiger partial charge in [0.1, 0.15) is 29.8 Å². The lowest BCUT2D eigenvalue weighted by Gasteiger charge is -2.32. The van der Waals surface area contributed by atoms with Gasteiger partial charge < -0.3 is 33.9 Å². The number of anilines is 1. The van der Waals surface area contributed by atoms with Gasteiger partial charge in [-0.25, -0.2) is 8.42 Å². The summed E-state index contributed by atoms with van der Waals surface area (Å²) >= 11 is 0. The summed E-state index contributed by atoms with van der Waals surface area (Å²) in [6.45, 7) is 3.08. The number of carbonyl (C=O) groups excluding carboxylic acids is 2. The van der Waals surface area contributed by atoms with Crippen LogP contribution >= 0.6 is 0 Å². The van der Waals surface area contributed by atoms with Crippen LogP contribution in [0, 0.1) is 0 Å². The average molecular weight is 630 g/mol.